The molecule has 0 radical (unpaired) electrons. The van der Waals surface area contributed by atoms with Gasteiger partial charge in [0.25, 0.3) is 0 Å². The van der Waals surface area contributed by atoms with Crippen molar-refractivity contribution in [3.8, 4) is 0 Å². The quantitative estimate of drug-likeness (QED) is 0.712. The Kier molecular flexibility index (Phi) is 3.84. The lowest BCUT2D eigenvalue weighted by Crippen LogP contribution is -2.42. The molecule has 0 fully saturated rings. The molecule has 1 heterocycles. The van der Waals surface area contributed by atoms with Crippen LogP contribution < -0.4 is 5.32 Å². The van der Waals surface area contributed by atoms with Crippen molar-refractivity contribution in [1.29, 1.82) is 0 Å². The Bertz CT molecular complexity index is 346. The molecule has 0 saturated carbocycles. The Morgan fingerprint density at radius 2 is 2.27 bits per heavy atom. The van der Waals surface area contributed by atoms with Crippen molar-refractivity contribution in [2.75, 3.05) is 6.61 Å². The van der Waals surface area contributed by atoms with Crippen molar-refractivity contribution >= 4 is 17.3 Å². The highest BCUT2D eigenvalue weighted by Crippen LogP contribution is 2.17. The molecule has 0 aliphatic rings. The van der Waals surface area contributed by atoms with E-state index < -0.39 is 11.5 Å². The summed E-state index contributed by atoms with van der Waals surface area (Å²) in [6.07, 6.45) is 0. The smallest absolute Gasteiger partial charge is 0.346 e. The van der Waals surface area contributed by atoms with Crippen LogP contribution in [0.15, 0.2) is 11.4 Å². The summed E-state index contributed by atoms with van der Waals surface area (Å²) < 4.78 is 0. The highest BCUT2D eigenvalue weighted by Gasteiger charge is 2.17. The lowest BCUT2D eigenvalue weighted by atomic mass is 10.1. The molecule has 0 unspecified atom stereocenters. The van der Waals surface area contributed by atoms with E-state index in [-0.39, 0.29) is 6.61 Å². The summed E-state index contributed by atoms with van der Waals surface area (Å²) >= 11 is 1.21. The molecule has 1 aromatic heterocycles. The molecule has 5 heteroatoms. The Hall–Kier alpha value is -0.910. The van der Waals surface area contributed by atoms with Crippen molar-refractivity contribution in [3.63, 3.8) is 0 Å². The number of hydrogen-bond donors (Lipinski definition) is 3. The number of rotatable bonds is 5. The first-order chi connectivity index (χ1) is 6.96. The van der Waals surface area contributed by atoms with Crippen LogP contribution in [0.4, 0.5) is 0 Å². The number of carboxylic acids is 1. The number of nitrogens with one attached hydrogen (secondary N) is 1. The zero-order chi connectivity index (χ0) is 11.5. The van der Waals surface area contributed by atoms with E-state index in [4.69, 9.17) is 10.2 Å². The van der Waals surface area contributed by atoms with Gasteiger partial charge in [0.15, 0.2) is 0 Å². The van der Waals surface area contributed by atoms with E-state index in [9.17, 15) is 4.79 Å². The molecule has 0 saturated heterocycles. The zero-order valence-corrected chi connectivity index (χ0v) is 9.60. The molecule has 15 heavy (non-hydrogen) atoms. The van der Waals surface area contributed by atoms with Crippen molar-refractivity contribution in [2.24, 2.45) is 0 Å². The van der Waals surface area contributed by atoms with Gasteiger partial charge in [-0.2, -0.15) is 0 Å². The van der Waals surface area contributed by atoms with Gasteiger partial charge in [0.1, 0.15) is 4.88 Å². The van der Waals surface area contributed by atoms with Gasteiger partial charge in [-0.05, 0) is 30.9 Å². The van der Waals surface area contributed by atoms with Crippen molar-refractivity contribution < 1.29 is 15.0 Å². The molecule has 0 spiro atoms. The molecule has 0 bridgehead atoms. The van der Waals surface area contributed by atoms with Crippen LogP contribution in [0.3, 0.4) is 0 Å². The van der Waals surface area contributed by atoms with Crippen molar-refractivity contribution in [2.45, 2.75) is 25.9 Å². The first-order valence-corrected chi connectivity index (χ1v) is 5.50. The first-order valence-electron chi connectivity index (χ1n) is 4.62. The monoisotopic (exact) mass is 229 g/mol. The largest absolute Gasteiger partial charge is 0.477 e. The average Bonchev–Trinajstić information content (AvgIpc) is 2.63. The fourth-order valence-corrected chi connectivity index (χ4v) is 1.81. The van der Waals surface area contributed by atoms with E-state index in [0.29, 0.717) is 11.4 Å². The summed E-state index contributed by atoms with van der Waals surface area (Å²) in [5, 5.41) is 22.8. The number of aliphatic hydroxyl groups is 1. The Morgan fingerprint density at radius 1 is 1.60 bits per heavy atom. The van der Waals surface area contributed by atoms with Gasteiger partial charge in [0.2, 0.25) is 0 Å². The van der Waals surface area contributed by atoms with Crippen LogP contribution in [0.25, 0.3) is 0 Å². The maximum atomic E-state index is 10.8. The van der Waals surface area contributed by atoms with Crippen LogP contribution in [-0.4, -0.2) is 28.3 Å². The number of thiophene rings is 1. The zero-order valence-electron chi connectivity index (χ0n) is 8.78. The van der Waals surface area contributed by atoms with Gasteiger partial charge < -0.3 is 15.5 Å². The van der Waals surface area contributed by atoms with E-state index in [1.165, 1.54) is 11.3 Å². The molecule has 0 amide bonds. The predicted molar refractivity (Wildman–Crippen MR) is 59.3 cm³/mol. The molecule has 0 aliphatic carbocycles. The average molecular weight is 229 g/mol. The lowest BCUT2D eigenvalue weighted by molar-refractivity contribution is 0.0700. The third-order valence-corrected chi connectivity index (χ3v) is 3.04. The summed E-state index contributed by atoms with van der Waals surface area (Å²) in [6.45, 7) is 4.19. The highest BCUT2D eigenvalue weighted by atomic mass is 32.1. The molecule has 84 valence electrons. The van der Waals surface area contributed by atoms with Gasteiger partial charge in [0.05, 0.1) is 6.61 Å². The molecule has 0 atom stereocenters. The number of aromatic carboxylic acids is 1. The Balaban J connectivity index is 2.65. The standard InChI is InChI=1S/C10H15NO3S/c1-10(2,6-12)11-5-7-3-4-15-8(7)9(13)14/h3-4,11-12H,5-6H2,1-2H3,(H,13,14). The van der Waals surface area contributed by atoms with Crippen molar-refractivity contribution in [3.05, 3.63) is 21.9 Å². The Labute approximate surface area is 92.6 Å². The number of hydrogen-bond acceptors (Lipinski definition) is 4. The topological polar surface area (TPSA) is 69.6 Å². The predicted octanol–water partition coefficient (Wildman–Crippen LogP) is 1.31. The summed E-state index contributed by atoms with van der Waals surface area (Å²) in [5.74, 6) is -0.899. The molecule has 1 rings (SSSR count). The van der Waals surface area contributed by atoms with Crippen LogP contribution in [-0.2, 0) is 6.54 Å². The van der Waals surface area contributed by atoms with Gasteiger partial charge in [-0.3, -0.25) is 0 Å². The fourth-order valence-electron chi connectivity index (χ4n) is 1.05. The maximum absolute atomic E-state index is 10.8. The molecule has 4 nitrogen and oxygen atoms in total. The molecule has 1 aromatic rings. The molecular formula is C10H15NO3S. The van der Waals surface area contributed by atoms with Crippen LogP contribution >= 0.6 is 11.3 Å². The van der Waals surface area contributed by atoms with Crippen LogP contribution in [0.1, 0.15) is 29.1 Å². The number of carbonyl (C=O) groups is 1. The number of carboxylic acid groups (broad SMARTS) is 1. The minimum Gasteiger partial charge on any atom is -0.477 e. The van der Waals surface area contributed by atoms with Gasteiger partial charge >= 0.3 is 5.97 Å². The van der Waals surface area contributed by atoms with Gasteiger partial charge in [-0.15, -0.1) is 11.3 Å². The molecule has 0 aromatic carbocycles. The third kappa shape index (κ3) is 3.30. The number of aliphatic hydroxyl groups excluding tert-OH is 1. The Morgan fingerprint density at radius 3 is 2.80 bits per heavy atom. The van der Waals surface area contributed by atoms with Crippen LogP contribution in [0, 0.1) is 0 Å². The summed E-state index contributed by atoms with van der Waals surface area (Å²) in [5.41, 5.74) is 0.367. The van der Waals surface area contributed by atoms with Crippen molar-refractivity contribution in [1.82, 2.24) is 5.32 Å². The second-order valence-electron chi connectivity index (χ2n) is 3.98. The van der Waals surface area contributed by atoms with Gasteiger partial charge in [0, 0.05) is 12.1 Å². The normalized spacial score (nSPS) is 11.7. The third-order valence-electron chi connectivity index (χ3n) is 2.09. The summed E-state index contributed by atoms with van der Waals surface area (Å²) in [4.78, 5) is 11.2. The van der Waals surface area contributed by atoms with Gasteiger partial charge in [-0.25, -0.2) is 4.79 Å². The lowest BCUT2D eigenvalue weighted by Gasteiger charge is -2.23. The van der Waals surface area contributed by atoms with Crippen LogP contribution in [0.5, 0.6) is 0 Å². The van der Waals surface area contributed by atoms with E-state index in [1.54, 1.807) is 11.4 Å². The summed E-state index contributed by atoms with van der Waals surface area (Å²) in [7, 11) is 0. The SMILES string of the molecule is CC(C)(CO)NCc1ccsc1C(=O)O. The second kappa shape index (κ2) is 4.74. The minimum atomic E-state index is -0.899. The van der Waals surface area contributed by atoms with Crippen LogP contribution in [0.2, 0.25) is 0 Å². The maximum Gasteiger partial charge on any atom is 0.346 e. The van der Waals surface area contributed by atoms with E-state index in [0.717, 1.165) is 5.56 Å². The highest BCUT2D eigenvalue weighted by molar-refractivity contribution is 7.12. The molecule has 3 N–H and O–H groups in total. The first kappa shape index (κ1) is 12.2. The van der Waals surface area contributed by atoms with E-state index >= 15 is 0 Å². The second-order valence-corrected chi connectivity index (χ2v) is 4.89. The summed E-state index contributed by atoms with van der Waals surface area (Å²) in [6, 6.07) is 1.79. The van der Waals surface area contributed by atoms with E-state index in [1.807, 2.05) is 13.8 Å². The molecular weight excluding hydrogens is 214 g/mol. The van der Waals surface area contributed by atoms with Gasteiger partial charge in [-0.1, -0.05) is 0 Å². The minimum absolute atomic E-state index is 0.0134. The molecule has 0 aliphatic heterocycles. The fraction of sp³-hybridized carbons (Fsp3) is 0.500. The van der Waals surface area contributed by atoms with E-state index in [2.05, 4.69) is 5.32 Å².